The van der Waals surface area contributed by atoms with Crippen LogP contribution in [0.4, 0.5) is 8.78 Å². The molecule has 0 bridgehead atoms. The average Bonchev–Trinajstić information content (AvgIpc) is 2.89. The first kappa shape index (κ1) is 23.3. The molecule has 0 spiro atoms. The number of hydrogen-bond acceptors (Lipinski definition) is 4. The van der Waals surface area contributed by atoms with Crippen LogP contribution in [0.25, 0.3) is 0 Å². The molecule has 0 unspecified atom stereocenters. The van der Waals surface area contributed by atoms with E-state index in [2.05, 4.69) is 0 Å². The van der Waals surface area contributed by atoms with Gasteiger partial charge in [-0.1, -0.05) is 19.9 Å². The Morgan fingerprint density at radius 2 is 1.93 bits per heavy atom. The predicted molar refractivity (Wildman–Crippen MR) is 106 cm³/mol. The molecule has 0 amide bonds. The third-order valence-corrected chi connectivity index (χ3v) is 8.47. The molecule has 2 N–H and O–H groups in total. The van der Waals surface area contributed by atoms with Crippen LogP contribution in [0.15, 0.2) is 23.8 Å². The van der Waals surface area contributed by atoms with Crippen LogP contribution < -0.4 is 0 Å². The van der Waals surface area contributed by atoms with Crippen LogP contribution in [0.5, 0.6) is 0 Å². The molecule has 0 saturated heterocycles. The number of Topliss-reactive ketones (excluding diaryl/α,β-unsaturated/α-hetero) is 1. The Hall–Kier alpha value is -0.400. The van der Waals surface area contributed by atoms with E-state index in [-0.39, 0.29) is 71.4 Å². The summed E-state index contributed by atoms with van der Waals surface area (Å²) in [5, 5.41) is 20.5. The number of ketones is 2. The molecule has 9 atom stereocenters. The van der Waals surface area contributed by atoms with E-state index in [0.29, 0.717) is 6.42 Å². The van der Waals surface area contributed by atoms with Crippen LogP contribution in [0, 0.1) is 34.5 Å². The zero-order chi connectivity index (χ0) is 20.6. The Labute approximate surface area is 192 Å². The Morgan fingerprint density at radius 3 is 2.55 bits per heavy atom. The van der Waals surface area contributed by atoms with Crippen molar-refractivity contribution in [1.82, 2.24) is 0 Å². The quantitative estimate of drug-likeness (QED) is 0.674. The van der Waals surface area contributed by atoms with Crippen molar-refractivity contribution in [3.05, 3.63) is 23.8 Å². The molecule has 4 aliphatic carbocycles. The summed E-state index contributed by atoms with van der Waals surface area (Å²) in [5.74, 6) is -2.26. The number of rotatable bonds is 2. The molecule has 0 aromatic carbocycles. The van der Waals surface area contributed by atoms with Crippen LogP contribution in [0.1, 0.15) is 40.0 Å². The second-order valence-electron chi connectivity index (χ2n) is 9.76. The monoisotopic (exact) mass is 418 g/mol. The molecule has 0 aromatic heterocycles. The van der Waals surface area contributed by atoms with Crippen molar-refractivity contribution in [2.24, 2.45) is 34.5 Å². The van der Waals surface area contributed by atoms with Gasteiger partial charge < -0.3 is 10.2 Å². The molecule has 0 heterocycles. The normalized spacial score (nSPS) is 50.7. The van der Waals surface area contributed by atoms with Gasteiger partial charge in [-0.2, -0.15) is 0 Å². The van der Waals surface area contributed by atoms with Crippen molar-refractivity contribution in [3.63, 3.8) is 0 Å². The number of fused-ring (bicyclic) bond motifs is 5. The van der Waals surface area contributed by atoms with Crippen molar-refractivity contribution < 1.29 is 28.6 Å². The van der Waals surface area contributed by atoms with Crippen LogP contribution in [0.3, 0.4) is 0 Å². The number of alkyl halides is 2. The number of aliphatic hydroxyl groups is 2. The number of allylic oxidation sites excluding steroid dienone is 4. The first-order chi connectivity index (χ1) is 13.0. The third-order valence-electron chi connectivity index (χ3n) is 8.47. The predicted octanol–water partition coefficient (Wildman–Crippen LogP) is 2.08. The number of carbonyl (C=O) groups excluding carboxylic acids is 2. The molecule has 7 heteroatoms. The van der Waals surface area contributed by atoms with Crippen molar-refractivity contribution in [2.75, 3.05) is 6.61 Å². The molecule has 4 nitrogen and oxygen atoms in total. The second-order valence-corrected chi connectivity index (χ2v) is 9.76. The van der Waals surface area contributed by atoms with Crippen molar-refractivity contribution in [3.8, 4) is 0 Å². The Bertz CT molecular complexity index is 798. The third kappa shape index (κ3) is 2.85. The van der Waals surface area contributed by atoms with Gasteiger partial charge in [0.1, 0.15) is 12.8 Å². The van der Waals surface area contributed by atoms with Gasteiger partial charge in [0, 0.05) is 17.3 Å². The molecule has 0 aliphatic heterocycles. The number of halogens is 2. The summed E-state index contributed by atoms with van der Waals surface area (Å²) in [6.45, 7) is 4.78. The average molecular weight is 418 g/mol. The van der Waals surface area contributed by atoms with Gasteiger partial charge in [0.15, 0.2) is 17.2 Å². The molecule has 156 valence electrons. The molecule has 3 fully saturated rings. The fraction of sp³-hybridized carbons (Fsp3) is 0.727. The minimum atomic E-state index is -2.11. The number of hydrogen-bond donors (Lipinski definition) is 2. The van der Waals surface area contributed by atoms with Crippen molar-refractivity contribution >= 4 is 41.1 Å². The zero-order valence-corrected chi connectivity index (χ0v) is 16.5. The van der Waals surface area contributed by atoms with E-state index in [1.54, 1.807) is 6.92 Å². The van der Waals surface area contributed by atoms with Gasteiger partial charge in [-0.05, 0) is 61.2 Å². The van der Waals surface area contributed by atoms with Gasteiger partial charge in [-0.25, -0.2) is 8.78 Å². The first-order valence-electron chi connectivity index (χ1n) is 10.1. The number of aliphatic hydroxyl groups excluding tert-OH is 2. The van der Waals surface area contributed by atoms with E-state index in [1.807, 2.05) is 13.8 Å². The maximum absolute atomic E-state index is 16.8. The summed E-state index contributed by atoms with van der Waals surface area (Å²) in [5.41, 5.74) is -4.09. The van der Waals surface area contributed by atoms with Crippen LogP contribution in [-0.4, -0.2) is 75.9 Å². The summed E-state index contributed by atoms with van der Waals surface area (Å²) in [6.07, 6.45) is 1.52. The van der Waals surface area contributed by atoms with Gasteiger partial charge in [-0.15, -0.1) is 0 Å². The SMILES string of the molecule is C[C@@H]1C[C@H]2[C@@H]3C[C@H](F)C4=CC(=O)C=C[C@]4(C)[C@@]3(F)[C@@H](O)C[C@]2(C)[C@H]1C(=O)CO.[NaH]. The Balaban J connectivity index is 0.00000240. The van der Waals surface area contributed by atoms with E-state index in [9.17, 15) is 19.8 Å². The molecule has 29 heavy (non-hydrogen) atoms. The number of carbonyl (C=O) groups is 2. The van der Waals surface area contributed by atoms with Gasteiger partial charge in [0.2, 0.25) is 0 Å². The van der Waals surface area contributed by atoms with Crippen molar-refractivity contribution in [2.45, 2.75) is 58.0 Å². The van der Waals surface area contributed by atoms with Gasteiger partial charge >= 0.3 is 29.6 Å². The Kier molecular flexibility index (Phi) is 5.88. The molecular formula is C22H29F2NaO4. The van der Waals surface area contributed by atoms with Crippen LogP contribution in [-0.2, 0) is 9.59 Å². The van der Waals surface area contributed by atoms with E-state index in [4.69, 9.17) is 0 Å². The van der Waals surface area contributed by atoms with Gasteiger partial charge in [0.05, 0.1) is 6.10 Å². The minimum absolute atomic E-state index is 0. The van der Waals surface area contributed by atoms with E-state index < -0.39 is 47.2 Å². The molecule has 0 radical (unpaired) electrons. The van der Waals surface area contributed by atoms with Crippen molar-refractivity contribution in [1.29, 1.82) is 0 Å². The summed E-state index contributed by atoms with van der Waals surface area (Å²) in [7, 11) is 0. The zero-order valence-electron chi connectivity index (χ0n) is 16.5. The first-order valence-corrected chi connectivity index (χ1v) is 10.1. The summed E-state index contributed by atoms with van der Waals surface area (Å²) < 4.78 is 32.0. The summed E-state index contributed by atoms with van der Waals surface area (Å²) >= 11 is 0. The topological polar surface area (TPSA) is 74.6 Å². The molecule has 0 aromatic rings. The van der Waals surface area contributed by atoms with Gasteiger partial charge in [0.25, 0.3) is 0 Å². The Morgan fingerprint density at radius 1 is 1.28 bits per heavy atom. The summed E-state index contributed by atoms with van der Waals surface area (Å²) in [4.78, 5) is 24.3. The van der Waals surface area contributed by atoms with E-state index in [1.165, 1.54) is 18.2 Å². The second kappa shape index (κ2) is 7.33. The van der Waals surface area contributed by atoms with Crippen LogP contribution in [0.2, 0.25) is 0 Å². The standard InChI is InChI=1S/C22H28F2O4.Na.H/c1-11-6-13-14-8-16(23)15-7-12(26)4-5-21(15,3)22(14,24)18(28)9-20(13,2)19(11)17(27)10-25;;/h4-5,7,11,13-14,16,18-19,25,28H,6,8-10H2,1-3H3;;/t11-,13+,14+,16+,18+,19-,20+,21+,22+;;/m1../s1. The molecule has 4 aliphatic rings. The van der Waals surface area contributed by atoms with Gasteiger partial charge in [-0.3, -0.25) is 9.59 Å². The summed E-state index contributed by atoms with van der Waals surface area (Å²) in [6, 6.07) is 0. The fourth-order valence-electron chi connectivity index (χ4n) is 7.36. The van der Waals surface area contributed by atoms with E-state index >= 15 is 8.78 Å². The molecule has 3 saturated carbocycles. The maximum atomic E-state index is 16.8. The fourth-order valence-corrected chi connectivity index (χ4v) is 7.36. The molecular weight excluding hydrogens is 389 g/mol. The van der Waals surface area contributed by atoms with E-state index in [0.717, 1.165) is 0 Å². The van der Waals surface area contributed by atoms with Crippen LogP contribution >= 0.6 is 0 Å². The molecule has 4 rings (SSSR count).